The summed E-state index contributed by atoms with van der Waals surface area (Å²) in [5.41, 5.74) is 21.6. The molecule has 0 aliphatic heterocycles. The minimum absolute atomic E-state index is 0.0926. The van der Waals surface area contributed by atoms with Crippen LogP contribution < -0.4 is 22.9 Å². The van der Waals surface area contributed by atoms with Crippen LogP contribution in [0, 0.1) is 20.2 Å². The first-order valence-corrected chi connectivity index (χ1v) is 5.81. The van der Waals surface area contributed by atoms with Crippen LogP contribution in [0.15, 0.2) is 36.4 Å². The zero-order chi connectivity index (χ0) is 16.9. The summed E-state index contributed by atoms with van der Waals surface area (Å²) in [6.07, 6.45) is 0. The van der Waals surface area contributed by atoms with Gasteiger partial charge in [0.05, 0.1) is 9.85 Å². The van der Waals surface area contributed by atoms with E-state index in [1.807, 2.05) is 0 Å². The Morgan fingerprint density at radius 2 is 1.32 bits per heavy atom. The van der Waals surface area contributed by atoms with Crippen LogP contribution in [-0.2, 0) is 0 Å². The highest BCUT2D eigenvalue weighted by molar-refractivity contribution is 5.72. The van der Waals surface area contributed by atoms with Crippen LogP contribution in [0.1, 0.15) is 0 Å². The van der Waals surface area contributed by atoms with E-state index in [1.54, 1.807) is 6.07 Å². The van der Waals surface area contributed by atoms with Gasteiger partial charge in [0.25, 0.3) is 5.69 Å². The number of hydrogen-bond acceptors (Lipinski definition) is 8. The van der Waals surface area contributed by atoms with Crippen molar-refractivity contribution < 1.29 is 9.85 Å². The first-order chi connectivity index (χ1) is 10.2. The van der Waals surface area contributed by atoms with Crippen LogP contribution in [0.2, 0.25) is 0 Å². The molecule has 10 heteroatoms. The molecule has 8 N–H and O–H groups in total. The van der Waals surface area contributed by atoms with Gasteiger partial charge < -0.3 is 22.9 Å². The SMILES string of the molecule is Nc1ccc([N+](=O)[O-])c(N)c1.Nc1cccc(N)c1[N+](=O)[O-]. The summed E-state index contributed by atoms with van der Waals surface area (Å²) >= 11 is 0. The van der Waals surface area contributed by atoms with E-state index in [4.69, 9.17) is 22.9 Å². The Hall–Kier alpha value is -3.56. The fraction of sp³-hybridized carbons (Fsp3) is 0. The summed E-state index contributed by atoms with van der Waals surface area (Å²) in [4.78, 5) is 19.4. The highest BCUT2D eigenvalue weighted by atomic mass is 16.6. The van der Waals surface area contributed by atoms with Crippen molar-refractivity contribution in [2.45, 2.75) is 0 Å². The lowest BCUT2D eigenvalue weighted by Crippen LogP contribution is -1.99. The maximum atomic E-state index is 10.3. The van der Waals surface area contributed by atoms with Crippen molar-refractivity contribution in [1.82, 2.24) is 0 Å². The molecular weight excluding hydrogens is 292 g/mol. The van der Waals surface area contributed by atoms with Crippen molar-refractivity contribution in [1.29, 1.82) is 0 Å². The van der Waals surface area contributed by atoms with Gasteiger partial charge in [-0.2, -0.15) is 0 Å². The number of nitrogens with two attached hydrogens (primary N) is 4. The molecule has 2 aromatic rings. The zero-order valence-electron chi connectivity index (χ0n) is 11.3. The van der Waals surface area contributed by atoms with Gasteiger partial charge in [-0.05, 0) is 24.3 Å². The van der Waals surface area contributed by atoms with E-state index in [0.717, 1.165) is 0 Å². The lowest BCUT2D eigenvalue weighted by molar-refractivity contribution is -0.383. The van der Waals surface area contributed by atoms with Gasteiger partial charge in [0.2, 0.25) is 0 Å². The molecule has 0 bridgehead atoms. The summed E-state index contributed by atoms with van der Waals surface area (Å²) in [5, 5.41) is 20.5. The first-order valence-electron chi connectivity index (χ1n) is 5.81. The van der Waals surface area contributed by atoms with E-state index in [9.17, 15) is 20.2 Å². The van der Waals surface area contributed by atoms with Crippen molar-refractivity contribution in [2.75, 3.05) is 22.9 Å². The Morgan fingerprint density at radius 1 is 0.773 bits per heavy atom. The molecule has 0 unspecified atom stereocenters. The van der Waals surface area contributed by atoms with Crippen LogP contribution in [-0.4, -0.2) is 9.85 Å². The van der Waals surface area contributed by atoms with Crippen LogP contribution in [0.25, 0.3) is 0 Å². The third kappa shape index (κ3) is 3.96. The summed E-state index contributed by atoms with van der Waals surface area (Å²) in [6, 6.07) is 8.53. The van der Waals surface area contributed by atoms with Crippen molar-refractivity contribution >= 4 is 34.1 Å². The highest BCUT2D eigenvalue weighted by Gasteiger charge is 2.14. The zero-order valence-corrected chi connectivity index (χ0v) is 11.3. The number of para-hydroxylation sites is 1. The number of hydrogen-bond donors (Lipinski definition) is 4. The predicted molar refractivity (Wildman–Crippen MR) is 83.8 cm³/mol. The molecule has 0 amide bonds. The summed E-state index contributed by atoms with van der Waals surface area (Å²) in [7, 11) is 0. The normalized spacial score (nSPS) is 9.45. The Morgan fingerprint density at radius 3 is 1.68 bits per heavy atom. The van der Waals surface area contributed by atoms with Gasteiger partial charge in [0, 0.05) is 11.8 Å². The molecule has 0 aromatic heterocycles. The van der Waals surface area contributed by atoms with Gasteiger partial charge >= 0.3 is 5.69 Å². The monoisotopic (exact) mass is 306 g/mol. The third-order valence-electron chi connectivity index (χ3n) is 2.53. The van der Waals surface area contributed by atoms with Gasteiger partial charge in [-0.3, -0.25) is 20.2 Å². The van der Waals surface area contributed by atoms with Crippen molar-refractivity contribution in [3.63, 3.8) is 0 Å². The summed E-state index contributed by atoms with van der Waals surface area (Å²) < 4.78 is 0. The second-order valence-electron chi connectivity index (χ2n) is 4.12. The molecule has 0 radical (unpaired) electrons. The molecule has 0 saturated carbocycles. The lowest BCUT2D eigenvalue weighted by atomic mass is 10.2. The number of anilines is 4. The molecule has 0 spiro atoms. The van der Waals surface area contributed by atoms with Gasteiger partial charge in [-0.1, -0.05) is 6.07 Å². The largest absolute Gasteiger partial charge is 0.399 e. The van der Waals surface area contributed by atoms with E-state index in [1.165, 1.54) is 30.3 Å². The summed E-state index contributed by atoms with van der Waals surface area (Å²) in [6.45, 7) is 0. The fourth-order valence-corrected chi connectivity index (χ4v) is 1.53. The number of rotatable bonds is 2. The molecule has 0 saturated heterocycles. The maximum absolute atomic E-state index is 10.3. The molecular formula is C12H14N6O4. The number of nitro benzene ring substituents is 2. The third-order valence-corrected chi connectivity index (χ3v) is 2.53. The van der Waals surface area contributed by atoms with Crippen LogP contribution in [0.3, 0.4) is 0 Å². The number of nitrogens with zero attached hydrogens (tertiary/aromatic N) is 2. The smallest absolute Gasteiger partial charge is 0.314 e. The molecule has 116 valence electrons. The quantitative estimate of drug-likeness (QED) is 0.364. The van der Waals surface area contributed by atoms with E-state index in [2.05, 4.69) is 0 Å². The van der Waals surface area contributed by atoms with E-state index < -0.39 is 9.85 Å². The second-order valence-corrected chi connectivity index (χ2v) is 4.12. The van der Waals surface area contributed by atoms with Crippen LogP contribution >= 0.6 is 0 Å². The lowest BCUT2D eigenvalue weighted by Gasteiger charge is -1.98. The Kier molecular flexibility index (Phi) is 5.06. The fourth-order valence-electron chi connectivity index (χ4n) is 1.53. The molecule has 10 nitrogen and oxygen atoms in total. The standard InChI is InChI=1S/2C6H7N3O2/c7-4-1-2-6(9(10)11)5(8)3-4;7-4-2-1-3-5(8)6(4)9(10)11/h2*1-3H,7-8H2. The number of nitro groups is 2. The Labute approximate surface area is 124 Å². The molecule has 2 aromatic carbocycles. The minimum atomic E-state index is -0.593. The summed E-state index contributed by atoms with van der Waals surface area (Å²) in [5.74, 6) is 0. The first kappa shape index (κ1) is 16.5. The van der Waals surface area contributed by atoms with E-state index in [0.29, 0.717) is 5.69 Å². The average Bonchev–Trinajstić information content (AvgIpc) is 2.38. The minimum Gasteiger partial charge on any atom is -0.399 e. The second kappa shape index (κ2) is 6.74. The van der Waals surface area contributed by atoms with Gasteiger partial charge in [0.1, 0.15) is 17.1 Å². The molecule has 2 rings (SSSR count). The van der Waals surface area contributed by atoms with Gasteiger partial charge in [-0.15, -0.1) is 0 Å². The van der Waals surface area contributed by atoms with Gasteiger partial charge in [-0.25, -0.2) is 0 Å². The average molecular weight is 306 g/mol. The molecule has 0 aliphatic carbocycles. The van der Waals surface area contributed by atoms with E-state index >= 15 is 0 Å². The Balaban J connectivity index is 0.000000220. The molecule has 0 atom stereocenters. The van der Waals surface area contributed by atoms with Crippen LogP contribution in [0.5, 0.6) is 0 Å². The molecule has 22 heavy (non-hydrogen) atoms. The van der Waals surface area contributed by atoms with E-state index in [-0.39, 0.29) is 28.4 Å². The molecule has 0 heterocycles. The number of nitrogen functional groups attached to an aromatic ring is 4. The molecule has 0 aliphatic rings. The number of benzene rings is 2. The van der Waals surface area contributed by atoms with Crippen LogP contribution in [0.4, 0.5) is 34.1 Å². The van der Waals surface area contributed by atoms with Crippen molar-refractivity contribution in [3.05, 3.63) is 56.6 Å². The van der Waals surface area contributed by atoms with Crippen molar-refractivity contribution in [3.8, 4) is 0 Å². The maximum Gasteiger partial charge on any atom is 0.314 e. The highest BCUT2D eigenvalue weighted by Crippen LogP contribution is 2.27. The Bertz CT molecular complexity index is 699. The predicted octanol–water partition coefficient (Wildman–Crippen LogP) is 1.52. The molecule has 0 fully saturated rings. The topological polar surface area (TPSA) is 190 Å². The van der Waals surface area contributed by atoms with Gasteiger partial charge in [0.15, 0.2) is 0 Å². The van der Waals surface area contributed by atoms with Crippen molar-refractivity contribution in [2.24, 2.45) is 0 Å².